The summed E-state index contributed by atoms with van der Waals surface area (Å²) in [5, 5.41) is 242. The first kappa shape index (κ1) is 64.1. The summed E-state index contributed by atoms with van der Waals surface area (Å²) in [6, 6.07) is 0. The van der Waals surface area contributed by atoms with Crippen molar-refractivity contribution in [2.24, 2.45) is 0 Å². The number of ether oxygens (including phenoxy) is 13. The van der Waals surface area contributed by atoms with Gasteiger partial charge in [-0.15, -0.1) is 0 Å². The van der Waals surface area contributed by atoms with E-state index >= 15 is 0 Å². The lowest BCUT2D eigenvalue weighted by Gasteiger charge is -2.49. The second-order valence-electron chi connectivity index (χ2n) is 19.6. The number of hydrogen-bond acceptors (Lipinski definition) is 36. The van der Waals surface area contributed by atoms with Gasteiger partial charge in [-0.1, -0.05) is 0 Å². The first-order valence-corrected chi connectivity index (χ1v) is 24.7. The van der Waals surface area contributed by atoms with Crippen molar-refractivity contribution in [3.05, 3.63) is 0 Å². The molecule has 7 aliphatic heterocycles. The third kappa shape index (κ3) is 13.2. The van der Waals surface area contributed by atoms with Gasteiger partial charge >= 0.3 is 0 Å². The molecule has 7 heterocycles. The van der Waals surface area contributed by atoms with Crippen LogP contribution in [0.5, 0.6) is 0 Å². The number of rotatable bonds is 19. The van der Waals surface area contributed by atoms with Crippen LogP contribution in [0.4, 0.5) is 0 Å². The van der Waals surface area contributed by atoms with E-state index in [1.165, 1.54) is 0 Å². The Balaban J connectivity index is 0.940. The predicted octanol–water partition coefficient (Wildman–Crippen LogP) is -16.3. The summed E-state index contributed by atoms with van der Waals surface area (Å²) in [5.41, 5.74) is 0. The highest BCUT2D eigenvalue weighted by molar-refractivity contribution is 5.00. The van der Waals surface area contributed by atoms with Crippen molar-refractivity contribution in [3.63, 3.8) is 0 Å². The summed E-state index contributed by atoms with van der Waals surface area (Å²) in [5.74, 6) is 0. The molecule has 78 heavy (non-hydrogen) atoms. The molecule has 0 amide bonds. The van der Waals surface area contributed by atoms with Gasteiger partial charge in [0.05, 0.1) is 46.2 Å². The van der Waals surface area contributed by atoms with Crippen LogP contribution in [0.1, 0.15) is 0 Å². The first-order chi connectivity index (χ1) is 36.9. The Hall–Kier alpha value is -1.44. The van der Waals surface area contributed by atoms with Crippen molar-refractivity contribution < 1.29 is 179 Å². The molecule has 1 unspecified atom stereocenters. The Bertz CT molecular complexity index is 1810. The summed E-state index contributed by atoms with van der Waals surface area (Å²) < 4.78 is 71.6. The monoisotopic (exact) mass is 1150 g/mol. The molecule has 23 N–H and O–H groups in total. The van der Waals surface area contributed by atoms with Crippen LogP contribution in [0.15, 0.2) is 0 Å². The van der Waals surface area contributed by atoms with E-state index in [0.717, 1.165) is 0 Å². The minimum Gasteiger partial charge on any atom is -0.394 e. The Kier molecular flexibility index (Phi) is 22.6. The fourth-order valence-electron chi connectivity index (χ4n) is 9.80. The number of aliphatic hydroxyl groups excluding tert-OH is 23. The average molecular weight is 1150 g/mol. The maximum absolute atomic E-state index is 11.3. The van der Waals surface area contributed by atoms with Gasteiger partial charge in [-0.2, -0.15) is 0 Å². The smallest absolute Gasteiger partial charge is 0.187 e. The van der Waals surface area contributed by atoms with Crippen LogP contribution in [0.25, 0.3) is 0 Å². The van der Waals surface area contributed by atoms with Crippen molar-refractivity contribution in [1.82, 2.24) is 0 Å². The maximum atomic E-state index is 11.3. The molecule has 0 saturated carbocycles. The quantitative estimate of drug-likeness (QED) is 0.0571. The molecule has 0 aromatic carbocycles. The highest BCUT2D eigenvalue weighted by Crippen LogP contribution is 2.36. The van der Waals surface area contributed by atoms with Crippen LogP contribution in [0.2, 0.25) is 0 Å². The zero-order valence-electron chi connectivity index (χ0n) is 40.8. The van der Waals surface area contributed by atoms with Gasteiger partial charge in [0.1, 0.15) is 171 Å². The van der Waals surface area contributed by atoms with E-state index < -0.39 is 261 Å². The molecule has 7 fully saturated rings. The molecule has 7 saturated heterocycles. The summed E-state index contributed by atoms with van der Waals surface area (Å²) in [4.78, 5) is 0. The molecule has 0 aromatic heterocycles. The Labute approximate surface area is 439 Å². The van der Waals surface area contributed by atoms with Gasteiger partial charge in [0.2, 0.25) is 0 Å². The van der Waals surface area contributed by atoms with Crippen LogP contribution < -0.4 is 0 Å². The molecule has 0 bridgehead atoms. The minimum atomic E-state index is -2.23. The Morgan fingerprint density at radius 1 is 0.218 bits per heavy atom. The first-order valence-electron chi connectivity index (χ1n) is 24.7. The summed E-state index contributed by atoms with van der Waals surface area (Å²) in [7, 11) is 0. The molecule has 36 heteroatoms. The Morgan fingerprint density at radius 2 is 0.449 bits per heavy atom. The molecule has 0 radical (unpaired) electrons. The SMILES string of the molecule is OC[C@H]1O[C@H](OC[C@H]2O[C@H](OC[C@H]3O[C@H](O[C@H]4[C@H](O)[C@@H](O)[C@@H](O[C@H]5[C@H](O)[C@@H](O)[C@@H](O[C@H]6[C@H](O)[C@@H](O)[C@@H](O[C@H]7[C@H](O)[C@@H](O)C(O)O[C@@H]7CO)O[C@@H]6CO)O[C@@H]5CO)O[C@@H]4CO)[C@H](O)[C@@H](O)[C@@H]3O)[C@H](O)[C@@H](O)[C@@H]2O)[C@H](O)[C@@H](O)[C@@H]1O. The van der Waals surface area contributed by atoms with Crippen molar-refractivity contribution in [2.75, 3.05) is 46.2 Å². The normalized spacial score (nSPS) is 53.5. The second-order valence-corrected chi connectivity index (χ2v) is 19.6. The van der Waals surface area contributed by atoms with Gasteiger partial charge in [-0.25, -0.2) is 0 Å². The lowest BCUT2D eigenvalue weighted by molar-refractivity contribution is -0.393. The second kappa shape index (κ2) is 27.5. The van der Waals surface area contributed by atoms with E-state index in [9.17, 15) is 117 Å². The van der Waals surface area contributed by atoms with Gasteiger partial charge in [0.25, 0.3) is 0 Å². The highest BCUT2D eigenvalue weighted by atomic mass is 16.8. The molecule has 0 aliphatic carbocycles. The molecule has 0 aromatic rings. The van der Waals surface area contributed by atoms with E-state index in [4.69, 9.17) is 61.6 Å². The number of hydrogen-bond donors (Lipinski definition) is 23. The van der Waals surface area contributed by atoms with Gasteiger partial charge in [-0.3, -0.25) is 0 Å². The fraction of sp³-hybridized carbons (Fsp3) is 1.00. The summed E-state index contributed by atoms with van der Waals surface area (Å²) >= 11 is 0. The van der Waals surface area contributed by atoms with Crippen molar-refractivity contribution in [1.29, 1.82) is 0 Å². The van der Waals surface area contributed by atoms with Crippen LogP contribution in [-0.4, -0.2) is 379 Å². The fourth-order valence-corrected chi connectivity index (χ4v) is 9.80. The van der Waals surface area contributed by atoms with Crippen LogP contribution >= 0.6 is 0 Å². The zero-order valence-corrected chi connectivity index (χ0v) is 40.8. The molecule has 456 valence electrons. The Morgan fingerprint density at radius 3 is 0.769 bits per heavy atom. The largest absolute Gasteiger partial charge is 0.394 e. The van der Waals surface area contributed by atoms with Gasteiger partial charge in [-0.05, 0) is 0 Å². The molecule has 7 aliphatic rings. The van der Waals surface area contributed by atoms with E-state index in [0.29, 0.717) is 0 Å². The third-order valence-corrected chi connectivity index (χ3v) is 14.5. The van der Waals surface area contributed by atoms with Crippen molar-refractivity contribution >= 4 is 0 Å². The minimum absolute atomic E-state index is 0.732. The van der Waals surface area contributed by atoms with Crippen molar-refractivity contribution in [3.8, 4) is 0 Å². The van der Waals surface area contributed by atoms with Crippen LogP contribution in [-0.2, 0) is 61.6 Å². The molecule has 0 spiro atoms. The van der Waals surface area contributed by atoms with Crippen molar-refractivity contribution in [2.45, 2.75) is 215 Å². The van der Waals surface area contributed by atoms with Crippen LogP contribution in [0, 0.1) is 0 Å². The standard InChI is InChI=1S/C42H72O36/c43-1-8-15(48)18(51)26(59)37(69-8)66-6-13-16(49)19(52)27(60)38(73-13)67-7-14-17(50)20(53)28(61)39(74-14)76-33-10(3-45)71-41(30(63)22(33)55)78-35-12(5-47)72-42(31(64)24(35)57)77-34-11(4-46)70-40(29(62)23(34)56)75-32-9(2-44)68-36(65)25(58)21(32)54/h8-65H,1-7H2/t8-,9-,10-,11-,12-,13-,14-,15-,16-,17-,18+,19+,20+,21-,22-,23-,24-,25-,26-,27-,28-,29-,30-,31-,32-,33-,34-,35-,36?,37+,38+,39-,40-,41-,42-/m1/s1. The molecular formula is C42H72O36. The lowest BCUT2D eigenvalue weighted by atomic mass is 9.95. The zero-order chi connectivity index (χ0) is 57.3. The van der Waals surface area contributed by atoms with E-state index in [1.54, 1.807) is 0 Å². The van der Waals surface area contributed by atoms with E-state index in [1.807, 2.05) is 0 Å². The van der Waals surface area contributed by atoms with Crippen LogP contribution in [0.3, 0.4) is 0 Å². The van der Waals surface area contributed by atoms with Gasteiger partial charge < -0.3 is 179 Å². The third-order valence-electron chi connectivity index (χ3n) is 14.5. The molecule has 36 nitrogen and oxygen atoms in total. The predicted molar refractivity (Wildman–Crippen MR) is 232 cm³/mol. The summed E-state index contributed by atoms with van der Waals surface area (Å²) in [6.45, 7) is -6.37. The van der Waals surface area contributed by atoms with E-state index in [2.05, 4.69) is 0 Å². The highest BCUT2D eigenvalue weighted by Gasteiger charge is 2.57. The lowest BCUT2D eigenvalue weighted by Crippen LogP contribution is -2.68. The average Bonchev–Trinajstić information content (AvgIpc) is 3.45. The van der Waals surface area contributed by atoms with Gasteiger partial charge in [0, 0.05) is 0 Å². The van der Waals surface area contributed by atoms with E-state index in [-0.39, 0.29) is 0 Å². The molecular weight excluding hydrogens is 1080 g/mol. The van der Waals surface area contributed by atoms with Gasteiger partial charge in [0.15, 0.2) is 44.0 Å². The molecule has 35 atom stereocenters. The molecule has 7 rings (SSSR count). The maximum Gasteiger partial charge on any atom is 0.187 e. The topological polar surface area (TPSA) is 585 Å². The number of aliphatic hydroxyl groups is 23. The summed E-state index contributed by atoms with van der Waals surface area (Å²) in [6.07, 6.45) is -66.7.